The average molecular weight is 416 g/mol. The van der Waals surface area contributed by atoms with Crippen molar-refractivity contribution >= 4 is 43.5 Å². The monoisotopic (exact) mass is 414 g/mol. The molecule has 9 heteroatoms. The highest BCUT2D eigenvalue weighted by atomic mass is 79.9. The highest BCUT2D eigenvalue weighted by Gasteiger charge is 2.30. The van der Waals surface area contributed by atoms with E-state index in [1.807, 2.05) is 0 Å². The van der Waals surface area contributed by atoms with E-state index in [1.165, 1.54) is 0 Å². The molecule has 1 rings (SSSR count). The number of nitro groups is 1. The minimum Gasteiger partial charge on any atom is -0.345 e. The molecule has 110 valence electrons. The summed E-state index contributed by atoms with van der Waals surface area (Å²) in [6, 6.07) is 1.37. The first-order chi connectivity index (χ1) is 9.25. The third-order valence-electron chi connectivity index (χ3n) is 2.50. The van der Waals surface area contributed by atoms with Crippen molar-refractivity contribution in [3.63, 3.8) is 0 Å². The summed E-state index contributed by atoms with van der Waals surface area (Å²) in [6.45, 7) is 1.64. The van der Waals surface area contributed by atoms with Gasteiger partial charge in [-0.15, -0.1) is 0 Å². The van der Waals surface area contributed by atoms with E-state index >= 15 is 0 Å². The van der Waals surface area contributed by atoms with Crippen LogP contribution in [0.15, 0.2) is 12.1 Å². The van der Waals surface area contributed by atoms with Gasteiger partial charge in [0, 0.05) is 16.7 Å². The van der Waals surface area contributed by atoms with Gasteiger partial charge in [0.1, 0.15) is 11.4 Å². The fraction of sp³-hybridized carbons (Fsp3) is 0.364. The van der Waals surface area contributed by atoms with Gasteiger partial charge in [-0.25, -0.2) is 4.39 Å². The number of nitrogens with one attached hydrogen (secondary N) is 1. The first kappa shape index (κ1) is 17.0. The number of nitrogens with zero attached hydrogens (tertiary/aromatic N) is 1. The SMILES string of the molecule is CC(CBr)(CBr)NC(=O)c1c(F)ccc([N+](=O)[O-])c1F. The molecule has 20 heavy (non-hydrogen) atoms. The Hall–Kier alpha value is -1.09. The molecular formula is C11H10Br2F2N2O3. The molecule has 0 bridgehead atoms. The summed E-state index contributed by atoms with van der Waals surface area (Å²) in [5.74, 6) is -3.69. The van der Waals surface area contributed by atoms with E-state index in [4.69, 9.17) is 0 Å². The Morgan fingerprint density at radius 3 is 2.40 bits per heavy atom. The summed E-state index contributed by atoms with van der Waals surface area (Å²) >= 11 is 6.33. The zero-order chi connectivity index (χ0) is 15.5. The van der Waals surface area contributed by atoms with Gasteiger partial charge in [0.15, 0.2) is 0 Å². The van der Waals surface area contributed by atoms with Gasteiger partial charge in [0.25, 0.3) is 5.91 Å². The Bertz CT molecular complexity index is 551. The van der Waals surface area contributed by atoms with Crippen LogP contribution >= 0.6 is 31.9 Å². The lowest BCUT2D eigenvalue weighted by molar-refractivity contribution is -0.387. The highest BCUT2D eigenvalue weighted by molar-refractivity contribution is 9.09. The molecule has 1 aromatic carbocycles. The van der Waals surface area contributed by atoms with Gasteiger partial charge in [0.05, 0.1) is 10.5 Å². The maximum atomic E-state index is 13.9. The van der Waals surface area contributed by atoms with Crippen LogP contribution in [-0.2, 0) is 0 Å². The van der Waals surface area contributed by atoms with Crippen LogP contribution in [0.4, 0.5) is 14.5 Å². The molecule has 1 aromatic rings. The number of hydrogen-bond acceptors (Lipinski definition) is 3. The number of hydrogen-bond donors (Lipinski definition) is 1. The molecule has 0 heterocycles. The Balaban J connectivity index is 3.23. The van der Waals surface area contributed by atoms with Crippen LogP contribution in [0.3, 0.4) is 0 Å². The van der Waals surface area contributed by atoms with Gasteiger partial charge < -0.3 is 5.32 Å². The van der Waals surface area contributed by atoms with E-state index in [0.717, 1.165) is 0 Å². The molecule has 0 saturated heterocycles. The number of benzene rings is 1. The highest BCUT2D eigenvalue weighted by Crippen LogP contribution is 2.24. The van der Waals surface area contributed by atoms with E-state index in [2.05, 4.69) is 37.2 Å². The minimum absolute atomic E-state index is 0.329. The molecule has 0 unspecified atom stereocenters. The van der Waals surface area contributed by atoms with Crippen LogP contribution in [-0.4, -0.2) is 27.0 Å². The topological polar surface area (TPSA) is 72.2 Å². The lowest BCUT2D eigenvalue weighted by Crippen LogP contribution is -2.49. The fourth-order valence-corrected chi connectivity index (χ4v) is 2.54. The van der Waals surface area contributed by atoms with Crippen LogP contribution in [0, 0.1) is 21.7 Å². The number of alkyl halides is 2. The molecule has 0 aliphatic rings. The van der Waals surface area contributed by atoms with Gasteiger partial charge in [0.2, 0.25) is 5.82 Å². The maximum absolute atomic E-state index is 13.9. The summed E-state index contributed by atoms with van der Waals surface area (Å²) in [4.78, 5) is 21.5. The Labute approximate surface area is 130 Å². The zero-order valence-corrected chi connectivity index (χ0v) is 13.4. The zero-order valence-electron chi connectivity index (χ0n) is 10.3. The van der Waals surface area contributed by atoms with Crippen molar-refractivity contribution in [2.45, 2.75) is 12.5 Å². The molecule has 1 amide bonds. The van der Waals surface area contributed by atoms with Crippen LogP contribution < -0.4 is 5.32 Å². The fourth-order valence-electron chi connectivity index (χ4n) is 1.33. The van der Waals surface area contributed by atoms with E-state index in [9.17, 15) is 23.7 Å². The van der Waals surface area contributed by atoms with Crippen molar-refractivity contribution in [3.05, 3.63) is 39.4 Å². The van der Waals surface area contributed by atoms with Gasteiger partial charge in [-0.1, -0.05) is 31.9 Å². The maximum Gasteiger partial charge on any atom is 0.305 e. The Morgan fingerprint density at radius 2 is 1.95 bits per heavy atom. The molecule has 5 nitrogen and oxygen atoms in total. The van der Waals surface area contributed by atoms with E-state index in [-0.39, 0.29) is 0 Å². The first-order valence-electron chi connectivity index (χ1n) is 5.32. The summed E-state index contributed by atoms with van der Waals surface area (Å²) in [7, 11) is 0. The summed E-state index contributed by atoms with van der Waals surface area (Å²) in [5, 5.41) is 13.7. The predicted molar refractivity (Wildman–Crippen MR) is 76.5 cm³/mol. The lowest BCUT2D eigenvalue weighted by Gasteiger charge is -2.26. The molecule has 0 radical (unpaired) electrons. The Morgan fingerprint density at radius 1 is 1.40 bits per heavy atom. The molecule has 0 aliphatic heterocycles. The normalized spacial score (nSPS) is 11.2. The van der Waals surface area contributed by atoms with Crippen molar-refractivity contribution in [2.24, 2.45) is 0 Å². The third-order valence-corrected chi connectivity index (χ3v) is 4.97. The molecule has 0 aromatic heterocycles. The second-order valence-electron chi connectivity index (χ2n) is 4.29. The number of carbonyl (C=O) groups is 1. The minimum atomic E-state index is -1.49. The number of carbonyl (C=O) groups excluding carboxylic acids is 1. The van der Waals surface area contributed by atoms with Crippen LogP contribution in [0.1, 0.15) is 17.3 Å². The second kappa shape index (κ2) is 6.57. The van der Waals surface area contributed by atoms with Crippen molar-refractivity contribution in [1.82, 2.24) is 5.32 Å². The van der Waals surface area contributed by atoms with Crippen LogP contribution in [0.25, 0.3) is 0 Å². The first-order valence-corrected chi connectivity index (χ1v) is 7.57. The van der Waals surface area contributed by atoms with Gasteiger partial charge in [-0.3, -0.25) is 14.9 Å². The lowest BCUT2D eigenvalue weighted by atomic mass is 10.1. The molecule has 0 atom stereocenters. The summed E-state index contributed by atoms with van der Waals surface area (Å²) in [6.07, 6.45) is 0. The van der Waals surface area contributed by atoms with Crippen LogP contribution in [0.2, 0.25) is 0 Å². The van der Waals surface area contributed by atoms with Crippen molar-refractivity contribution in [3.8, 4) is 0 Å². The standard InChI is InChI=1S/C11H10Br2F2N2O3/c1-11(4-12,5-13)16-10(18)8-6(14)2-3-7(9(8)15)17(19)20/h2-3H,4-5H2,1H3,(H,16,18). The number of amides is 1. The number of nitro benzene ring substituents is 1. The predicted octanol–water partition coefficient (Wildman–Crippen LogP) is 3.15. The average Bonchev–Trinajstić information content (AvgIpc) is 2.38. The number of rotatable bonds is 5. The summed E-state index contributed by atoms with van der Waals surface area (Å²) in [5.41, 5.74) is -2.70. The molecular weight excluding hydrogens is 406 g/mol. The Kier molecular flexibility index (Phi) is 5.58. The van der Waals surface area contributed by atoms with E-state index in [1.54, 1.807) is 6.92 Å². The second-order valence-corrected chi connectivity index (χ2v) is 5.42. The molecule has 0 spiro atoms. The van der Waals surface area contributed by atoms with E-state index in [0.29, 0.717) is 22.8 Å². The van der Waals surface area contributed by atoms with Gasteiger partial charge >= 0.3 is 5.69 Å². The van der Waals surface area contributed by atoms with Gasteiger partial charge in [-0.05, 0) is 13.0 Å². The van der Waals surface area contributed by atoms with Gasteiger partial charge in [-0.2, -0.15) is 4.39 Å². The van der Waals surface area contributed by atoms with Crippen molar-refractivity contribution in [2.75, 3.05) is 10.7 Å². The smallest absolute Gasteiger partial charge is 0.305 e. The molecule has 0 fully saturated rings. The third kappa shape index (κ3) is 3.51. The quantitative estimate of drug-likeness (QED) is 0.456. The molecule has 0 saturated carbocycles. The molecule has 1 N–H and O–H groups in total. The van der Waals surface area contributed by atoms with Crippen molar-refractivity contribution < 1.29 is 18.5 Å². The van der Waals surface area contributed by atoms with Crippen LogP contribution in [0.5, 0.6) is 0 Å². The number of halogens is 4. The molecule has 0 aliphatic carbocycles. The van der Waals surface area contributed by atoms with Crippen molar-refractivity contribution in [1.29, 1.82) is 0 Å². The largest absolute Gasteiger partial charge is 0.345 e. The van der Waals surface area contributed by atoms with E-state index < -0.39 is 39.3 Å². The summed E-state index contributed by atoms with van der Waals surface area (Å²) < 4.78 is 27.4.